The van der Waals surface area contributed by atoms with Gasteiger partial charge in [-0.15, -0.1) is 0 Å². The van der Waals surface area contributed by atoms with E-state index >= 15 is 0 Å². The van der Waals surface area contributed by atoms with Gasteiger partial charge >= 0.3 is 0 Å². The SMILES string of the molecule is C=C(C)C(=O)NN(C)CC1CCCCC1. The molecule has 1 aliphatic rings. The summed E-state index contributed by atoms with van der Waals surface area (Å²) in [5.41, 5.74) is 3.38. The molecule has 1 N–H and O–H groups in total. The van der Waals surface area contributed by atoms with Crippen LogP contribution in [0.15, 0.2) is 12.2 Å². The Morgan fingerprint density at radius 3 is 2.53 bits per heavy atom. The quantitative estimate of drug-likeness (QED) is 0.569. The van der Waals surface area contributed by atoms with E-state index in [1.807, 2.05) is 12.1 Å². The van der Waals surface area contributed by atoms with Crippen LogP contribution in [0.3, 0.4) is 0 Å². The molecule has 0 heterocycles. The van der Waals surface area contributed by atoms with E-state index in [1.54, 1.807) is 6.92 Å². The first-order valence-electron chi connectivity index (χ1n) is 5.77. The van der Waals surface area contributed by atoms with E-state index in [4.69, 9.17) is 0 Å². The molecule has 0 aromatic rings. The summed E-state index contributed by atoms with van der Waals surface area (Å²) in [6.45, 7) is 6.30. The lowest BCUT2D eigenvalue weighted by atomic mass is 9.89. The van der Waals surface area contributed by atoms with Gasteiger partial charge in [0.15, 0.2) is 0 Å². The fourth-order valence-corrected chi connectivity index (χ4v) is 2.07. The van der Waals surface area contributed by atoms with E-state index in [9.17, 15) is 4.79 Å². The van der Waals surface area contributed by atoms with E-state index < -0.39 is 0 Å². The normalized spacial score (nSPS) is 17.8. The summed E-state index contributed by atoms with van der Waals surface area (Å²) in [5.74, 6) is 0.669. The van der Waals surface area contributed by atoms with Crippen LogP contribution in [0.25, 0.3) is 0 Å². The number of nitrogens with one attached hydrogen (secondary N) is 1. The van der Waals surface area contributed by atoms with Crippen LogP contribution in [-0.2, 0) is 4.79 Å². The topological polar surface area (TPSA) is 32.3 Å². The highest BCUT2D eigenvalue weighted by Gasteiger charge is 2.16. The average molecular weight is 210 g/mol. The molecule has 0 radical (unpaired) electrons. The van der Waals surface area contributed by atoms with Gasteiger partial charge < -0.3 is 0 Å². The maximum Gasteiger partial charge on any atom is 0.260 e. The number of hydrogen-bond acceptors (Lipinski definition) is 2. The molecule has 0 aromatic carbocycles. The molecule has 1 fully saturated rings. The molecule has 1 rings (SSSR count). The van der Waals surface area contributed by atoms with Gasteiger partial charge in [0.05, 0.1) is 0 Å². The van der Waals surface area contributed by atoms with Crippen LogP contribution in [0.2, 0.25) is 0 Å². The first-order valence-corrected chi connectivity index (χ1v) is 5.77. The Labute approximate surface area is 92.5 Å². The van der Waals surface area contributed by atoms with Crippen LogP contribution in [0, 0.1) is 5.92 Å². The predicted molar refractivity (Wildman–Crippen MR) is 62.2 cm³/mol. The van der Waals surface area contributed by atoms with Crippen molar-refractivity contribution in [3.8, 4) is 0 Å². The van der Waals surface area contributed by atoms with Gasteiger partial charge in [0.1, 0.15) is 0 Å². The Bertz CT molecular complexity index is 232. The van der Waals surface area contributed by atoms with E-state index in [-0.39, 0.29) is 5.91 Å². The molecule has 1 aliphatic carbocycles. The van der Waals surface area contributed by atoms with E-state index in [1.165, 1.54) is 32.1 Å². The zero-order valence-corrected chi connectivity index (χ0v) is 9.88. The van der Waals surface area contributed by atoms with E-state index in [0.717, 1.165) is 12.5 Å². The van der Waals surface area contributed by atoms with Crippen molar-refractivity contribution < 1.29 is 4.79 Å². The fraction of sp³-hybridized carbons (Fsp3) is 0.750. The van der Waals surface area contributed by atoms with E-state index in [2.05, 4.69) is 12.0 Å². The molecule has 0 aliphatic heterocycles. The minimum atomic E-state index is -0.0756. The second-order valence-electron chi connectivity index (χ2n) is 4.61. The summed E-state index contributed by atoms with van der Waals surface area (Å²) >= 11 is 0. The monoisotopic (exact) mass is 210 g/mol. The molecule has 0 bridgehead atoms. The molecular formula is C12H22N2O. The fourth-order valence-electron chi connectivity index (χ4n) is 2.07. The first kappa shape index (κ1) is 12.2. The summed E-state index contributed by atoms with van der Waals surface area (Å²) in [7, 11) is 1.93. The summed E-state index contributed by atoms with van der Waals surface area (Å²) in [4.78, 5) is 11.3. The third-order valence-electron chi connectivity index (χ3n) is 2.94. The molecule has 0 atom stereocenters. The third-order valence-corrected chi connectivity index (χ3v) is 2.94. The summed E-state index contributed by atoms with van der Waals surface area (Å²) in [6, 6.07) is 0. The van der Waals surface area contributed by atoms with Gasteiger partial charge in [-0.3, -0.25) is 10.2 Å². The molecule has 0 unspecified atom stereocenters. The van der Waals surface area contributed by atoms with Crippen LogP contribution >= 0.6 is 0 Å². The van der Waals surface area contributed by atoms with Gasteiger partial charge in [-0.25, -0.2) is 5.01 Å². The molecule has 86 valence electrons. The van der Waals surface area contributed by atoms with Crippen LogP contribution in [0.1, 0.15) is 39.0 Å². The van der Waals surface area contributed by atoms with Crippen LogP contribution in [0.4, 0.5) is 0 Å². The second-order valence-corrected chi connectivity index (χ2v) is 4.61. The zero-order chi connectivity index (χ0) is 11.3. The predicted octanol–water partition coefficient (Wildman–Crippen LogP) is 2.11. The Morgan fingerprint density at radius 1 is 1.40 bits per heavy atom. The van der Waals surface area contributed by atoms with Crippen molar-refractivity contribution in [1.29, 1.82) is 0 Å². The largest absolute Gasteiger partial charge is 0.285 e. The molecule has 0 spiro atoms. The highest BCUT2D eigenvalue weighted by atomic mass is 16.2. The number of carbonyl (C=O) groups is 1. The van der Waals surface area contributed by atoms with Gasteiger partial charge in [-0.1, -0.05) is 25.8 Å². The lowest BCUT2D eigenvalue weighted by Crippen LogP contribution is -2.42. The van der Waals surface area contributed by atoms with Crippen molar-refractivity contribution in [2.75, 3.05) is 13.6 Å². The highest BCUT2D eigenvalue weighted by molar-refractivity contribution is 5.91. The molecule has 1 amide bonds. The number of amides is 1. The van der Waals surface area contributed by atoms with Crippen molar-refractivity contribution in [3.63, 3.8) is 0 Å². The molecule has 1 saturated carbocycles. The van der Waals surface area contributed by atoms with Gasteiger partial charge in [0, 0.05) is 19.2 Å². The summed E-state index contributed by atoms with van der Waals surface area (Å²) in [5, 5.41) is 1.90. The van der Waals surface area contributed by atoms with Crippen molar-refractivity contribution >= 4 is 5.91 Å². The van der Waals surface area contributed by atoms with Crippen molar-refractivity contribution in [1.82, 2.24) is 10.4 Å². The van der Waals surface area contributed by atoms with Crippen LogP contribution in [0.5, 0.6) is 0 Å². The number of rotatable bonds is 4. The molecule has 0 saturated heterocycles. The van der Waals surface area contributed by atoms with Gasteiger partial charge in [0.25, 0.3) is 5.91 Å². The average Bonchev–Trinajstić information content (AvgIpc) is 2.18. The Kier molecular flexibility index (Phi) is 4.82. The molecular weight excluding hydrogens is 188 g/mol. The molecule has 15 heavy (non-hydrogen) atoms. The molecule has 3 nitrogen and oxygen atoms in total. The van der Waals surface area contributed by atoms with Crippen molar-refractivity contribution in [2.24, 2.45) is 5.92 Å². The van der Waals surface area contributed by atoms with Gasteiger partial charge in [0.2, 0.25) is 0 Å². The number of carbonyl (C=O) groups excluding carboxylic acids is 1. The molecule has 3 heteroatoms. The Morgan fingerprint density at radius 2 is 2.00 bits per heavy atom. The van der Waals surface area contributed by atoms with Crippen molar-refractivity contribution in [2.45, 2.75) is 39.0 Å². The first-order chi connectivity index (χ1) is 7.09. The van der Waals surface area contributed by atoms with Crippen molar-refractivity contribution in [3.05, 3.63) is 12.2 Å². The number of hydrazine groups is 1. The summed E-state index contributed by atoms with van der Waals surface area (Å²) in [6.07, 6.45) is 6.65. The smallest absolute Gasteiger partial charge is 0.260 e. The zero-order valence-electron chi connectivity index (χ0n) is 9.88. The minimum absolute atomic E-state index is 0.0756. The number of hydrogen-bond donors (Lipinski definition) is 1. The second kappa shape index (κ2) is 5.91. The van der Waals surface area contributed by atoms with Gasteiger partial charge in [-0.2, -0.15) is 0 Å². The number of nitrogens with zero attached hydrogens (tertiary/aromatic N) is 1. The standard InChI is InChI=1S/C12H22N2O/c1-10(2)12(15)13-14(3)9-11-7-5-4-6-8-11/h11H,1,4-9H2,2-3H3,(H,13,15). The van der Waals surface area contributed by atoms with E-state index in [0.29, 0.717) is 5.57 Å². The highest BCUT2D eigenvalue weighted by Crippen LogP contribution is 2.23. The Balaban J connectivity index is 2.25. The lowest BCUT2D eigenvalue weighted by Gasteiger charge is -2.27. The summed E-state index contributed by atoms with van der Waals surface area (Å²) < 4.78 is 0. The maximum atomic E-state index is 11.3. The minimum Gasteiger partial charge on any atom is -0.285 e. The van der Waals surface area contributed by atoms with Crippen LogP contribution < -0.4 is 5.43 Å². The lowest BCUT2D eigenvalue weighted by molar-refractivity contribution is -0.121. The van der Waals surface area contributed by atoms with Gasteiger partial charge in [-0.05, 0) is 25.7 Å². The third kappa shape index (κ3) is 4.47. The molecule has 0 aromatic heterocycles. The maximum absolute atomic E-state index is 11.3. The van der Waals surface area contributed by atoms with Crippen LogP contribution in [-0.4, -0.2) is 24.5 Å². The Hall–Kier alpha value is -0.830.